The zero-order valence-electron chi connectivity index (χ0n) is 17.2. The summed E-state index contributed by atoms with van der Waals surface area (Å²) in [5, 5.41) is 7.94. The number of amides is 1. The molecule has 0 atom stereocenters. The topological polar surface area (TPSA) is 59.4 Å². The second kappa shape index (κ2) is 7.82. The number of carbonyl (C=O) groups excluding carboxylic acids is 1. The maximum absolute atomic E-state index is 12.8. The number of nitrogens with zero attached hydrogens (tertiary/aromatic N) is 3. The molecule has 1 aliphatic heterocycles. The average Bonchev–Trinajstić information content (AvgIpc) is 3.67. The zero-order chi connectivity index (χ0) is 19.8. The number of ether oxygens (including phenoxy) is 1. The van der Waals surface area contributed by atoms with Crippen LogP contribution < -0.4 is 10.1 Å². The number of methoxy groups -OCH3 is 1. The van der Waals surface area contributed by atoms with Crippen molar-refractivity contribution in [3.63, 3.8) is 0 Å². The van der Waals surface area contributed by atoms with E-state index in [1.165, 1.54) is 30.6 Å². The summed E-state index contributed by atoms with van der Waals surface area (Å²) in [7, 11) is 1.69. The van der Waals surface area contributed by atoms with Crippen LogP contribution in [0.25, 0.3) is 0 Å². The fourth-order valence-electron chi connectivity index (χ4n) is 4.24. The molecular weight excluding hydrogens is 364 g/mol. The monoisotopic (exact) mass is 394 g/mol. The minimum atomic E-state index is 0.0141. The van der Waals surface area contributed by atoms with Crippen LogP contribution in [0, 0.1) is 5.92 Å². The molecule has 2 saturated carbocycles. The second-order valence-electron chi connectivity index (χ2n) is 8.77. The van der Waals surface area contributed by atoms with E-state index in [1.54, 1.807) is 7.11 Å². The van der Waals surface area contributed by atoms with Gasteiger partial charge in [-0.3, -0.25) is 14.4 Å². The first-order valence-corrected chi connectivity index (χ1v) is 10.9. The van der Waals surface area contributed by atoms with Crippen LogP contribution in [0.4, 0.5) is 0 Å². The first kappa shape index (κ1) is 18.7. The Kier molecular flexibility index (Phi) is 5.04. The normalized spacial score (nSPS) is 19.1. The molecule has 0 unspecified atom stereocenters. The summed E-state index contributed by atoms with van der Waals surface area (Å²) in [5.41, 5.74) is 4.32. The van der Waals surface area contributed by atoms with Gasteiger partial charge < -0.3 is 10.1 Å². The molecule has 6 heteroatoms. The summed E-state index contributed by atoms with van der Waals surface area (Å²) in [4.78, 5) is 15.4. The lowest BCUT2D eigenvalue weighted by Crippen LogP contribution is -2.34. The van der Waals surface area contributed by atoms with Gasteiger partial charge in [0.05, 0.1) is 7.11 Å². The van der Waals surface area contributed by atoms with Crippen molar-refractivity contribution in [3.05, 3.63) is 46.8 Å². The van der Waals surface area contributed by atoms with E-state index in [0.717, 1.165) is 62.5 Å². The van der Waals surface area contributed by atoms with Crippen molar-refractivity contribution in [1.29, 1.82) is 0 Å². The lowest BCUT2D eigenvalue weighted by atomic mass is 10.0. The quantitative estimate of drug-likeness (QED) is 0.748. The van der Waals surface area contributed by atoms with E-state index < -0.39 is 0 Å². The number of aryl methyl sites for hydroxylation is 2. The average molecular weight is 395 g/mol. The highest BCUT2D eigenvalue weighted by molar-refractivity contribution is 5.94. The molecule has 6 nitrogen and oxygen atoms in total. The molecule has 154 valence electrons. The van der Waals surface area contributed by atoms with E-state index in [-0.39, 0.29) is 5.91 Å². The van der Waals surface area contributed by atoms with Crippen molar-refractivity contribution in [2.24, 2.45) is 5.92 Å². The third-order valence-corrected chi connectivity index (χ3v) is 6.33. The Hall–Kier alpha value is -2.34. The number of hydrogen-bond donors (Lipinski definition) is 1. The third-order valence-electron chi connectivity index (χ3n) is 6.33. The molecule has 2 heterocycles. The summed E-state index contributed by atoms with van der Waals surface area (Å²) in [6.07, 6.45) is 6.79. The molecule has 0 spiro atoms. The van der Waals surface area contributed by atoms with Gasteiger partial charge in [-0.05, 0) is 55.7 Å². The van der Waals surface area contributed by atoms with Gasteiger partial charge in [0.25, 0.3) is 5.91 Å². The Morgan fingerprint density at radius 1 is 1.21 bits per heavy atom. The molecule has 1 aromatic carbocycles. The molecule has 0 saturated heterocycles. The fraction of sp³-hybridized carbons (Fsp3) is 0.565. The SMILES string of the molecule is COc1ccc(CCn2nc(C(=O)NC3CC3)c3c2CCN(CC2CC2)C3)cc1. The summed E-state index contributed by atoms with van der Waals surface area (Å²) >= 11 is 0. The fourth-order valence-corrected chi connectivity index (χ4v) is 4.24. The first-order chi connectivity index (χ1) is 14.2. The number of carbonyl (C=O) groups is 1. The van der Waals surface area contributed by atoms with Gasteiger partial charge in [-0.15, -0.1) is 0 Å². The molecule has 1 N–H and O–H groups in total. The molecule has 29 heavy (non-hydrogen) atoms. The van der Waals surface area contributed by atoms with Crippen molar-refractivity contribution in [3.8, 4) is 5.75 Å². The minimum Gasteiger partial charge on any atom is -0.497 e. The van der Waals surface area contributed by atoms with Crippen LogP contribution >= 0.6 is 0 Å². The predicted octanol–water partition coefficient (Wildman–Crippen LogP) is 2.79. The molecular formula is C23H30N4O2. The van der Waals surface area contributed by atoms with Crippen LogP contribution in [0.2, 0.25) is 0 Å². The van der Waals surface area contributed by atoms with E-state index in [1.807, 2.05) is 12.1 Å². The van der Waals surface area contributed by atoms with Gasteiger partial charge in [-0.25, -0.2) is 0 Å². The summed E-state index contributed by atoms with van der Waals surface area (Å²) in [6, 6.07) is 8.56. The number of nitrogens with one attached hydrogen (secondary N) is 1. The predicted molar refractivity (Wildman–Crippen MR) is 111 cm³/mol. The molecule has 0 radical (unpaired) electrons. The summed E-state index contributed by atoms with van der Waals surface area (Å²) < 4.78 is 7.34. The van der Waals surface area contributed by atoms with Gasteiger partial charge in [0.15, 0.2) is 5.69 Å². The van der Waals surface area contributed by atoms with Crippen LogP contribution in [-0.4, -0.2) is 46.8 Å². The number of rotatable bonds is 8. The number of aromatic nitrogens is 2. The van der Waals surface area contributed by atoms with Gasteiger partial charge in [-0.1, -0.05) is 12.1 Å². The van der Waals surface area contributed by atoms with Crippen LogP contribution in [-0.2, 0) is 25.9 Å². The molecule has 5 rings (SSSR count). The van der Waals surface area contributed by atoms with Crippen molar-refractivity contribution in [2.75, 3.05) is 20.2 Å². The van der Waals surface area contributed by atoms with Gasteiger partial charge in [0, 0.05) is 49.9 Å². The first-order valence-electron chi connectivity index (χ1n) is 10.9. The Morgan fingerprint density at radius 3 is 2.69 bits per heavy atom. The van der Waals surface area contributed by atoms with E-state index in [2.05, 4.69) is 27.0 Å². The van der Waals surface area contributed by atoms with Crippen LogP contribution in [0.1, 0.15) is 53.0 Å². The summed E-state index contributed by atoms with van der Waals surface area (Å²) in [6.45, 7) is 3.90. The molecule has 1 aromatic heterocycles. The minimum absolute atomic E-state index is 0.0141. The number of benzene rings is 1. The Bertz CT molecular complexity index is 881. The van der Waals surface area contributed by atoms with Gasteiger partial charge in [0.1, 0.15) is 5.75 Å². The molecule has 2 aliphatic carbocycles. The molecule has 0 bridgehead atoms. The highest BCUT2D eigenvalue weighted by atomic mass is 16.5. The molecule has 2 aromatic rings. The van der Waals surface area contributed by atoms with Crippen molar-refractivity contribution >= 4 is 5.91 Å². The van der Waals surface area contributed by atoms with Crippen LogP contribution in [0.15, 0.2) is 24.3 Å². The molecule has 3 aliphatic rings. The lowest BCUT2D eigenvalue weighted by molar-refractivity contribution is 0.0943. The third kappa shape index (κ3) is 4.32. The lowest BCUT2D eigenvalue weighted by Gasteiger charge is -2.27. The van der Waals surface area contributed by atoms with E-state index >= 15 is 0 Å². The largest absolute Gasteiger partial charge is 0.497 e. The molecule has 2 fully saturated rings. The van der Waals surface area contributed by atoms with E-state index in [0.29, 0.717) is 11.7 Å². The summed E-state index contributed by atoms with van der Waals surface area (Å²) in [5.74, 6) is 1.76. The van der Waals surface area contributed by atoms with Gasteiger partial charge in [-0.2, -0.15) is 5.10 Å². The number of fused-ring (bicyclic) bond motifs is 1. The zero-order valence-corrected chi connectivity index (χ0v) is 17.2. The van der Waals surface area contributed by atoms with Crippen LogP contribution in [0.5, 0.6) is 5.75 Å². The van der Waals surface area contributed by atoms with Crippen molar-refractivity contribution in [1.82, 2.24) is 20.0 Å². The highest BCUT2D eigenvalue weighted by Crippen LogP contribution is 2.32. The standard InChI is InChI=1S/C23H30N4O2/c1-29-19-8-4-16(5-9-19)10-13-27-21-11-12-26(14-17-2-3-17)15-20(21)22(25-27)23(28)24-18-6-7-18/h4-5,8-9,17-18H,2-3,6-7,10-15H2,1H3,(H,24,28). The maximum Gasteiger partial charge on any atom is 0.272 e. The highest BCUT2D eigenvalue weighted by Gasteiger charge is 2.33. The second-order valence-corrected chi connectivity index (χ2v) is 8.77. The smallest absolute Gasteiger partial charge is 0.272 e. The maximum atomic E-state index is 12.8. The Labute approximate surface area is 172 Å². The van der Waals surface area contributed by atoms with E-state index in [4.69, 9.17) is 9.84 Å². The van der Waals surface area contributed by atoms with Gasteiger partial charge in [0.2, 0.25) is 0 Å². The van der Waals surface area contributed by atoms with E-state index in [9.17, 15) is 4.79 Å². The van der Waals surface area contributed by atoms with Crippen LogP contribution in [0.3, 0.4) is 0 Å². The number of hydrogen-bond acceptors (Lipinski definition) is 4. The Balaban J connectivity index is 1.34. The molecule has 1 amide bonds. The van der Waals surface area contributed by atoms with Crippen molar-refractivity contribution < 1.29 is 9.53 Å². The Morgan fingerprint density at radius 2 is 2.00 bits per heavy atom. The van der Waals surface area contributed by atoms with Crippen molar-refractivity contribution in [2.45, 2.75) is 57.7 Å². The van der Waals surface area contributed by atoms with Gasteiger partial charge >= 0.3 is 0 Å².